The van der Waals surface area contributed by atoms with Gasteiger partial charge in [-0.25, -0.2) is 4.98 Å². The van der Waals surface area contributed by atoms with E-state index < -0.39 is 0 Å². The van der Waals surface area contributed by atoms with Crippen molar-refractivity contribution in [1.29, 1.82) is 0 Å². The average Bonchev–Trinajstić information content (AvgIpc) is 3.17. The molecular weight excluding hydrogens is 360 g/mol. The van der Waals surface area contributed by atoms with E-state index in [2.05, 4.69) is 48.1 Å². The maximum atomic E-state index is 5.82. The van der Waals surface area contributed by atoms with Crippen LogP contribution in [0.25, 0.3) is 10.4 Å². The van der Waals surface area contributed by atoms with E-state index in [1.165, 1.54) is 11.3 Å². The predicted octanol–water partition coefficient (Wildman–Crippen LogP) is 5.38. The maximum Gasteiger partial charge on any atom is 0.279 e. The Bertz CT molecular complexity index is 889. The van der Waals surface area contributed by atoms with E-state index in [1.54, 1.807) is 14.2 Å². The molecule has 3 rings (SSSR count). The topological polar surface area (TPSA) is 52.6 Å². The van der Waals surface area contributed by atoms with Gasteiger partial charge >= 0.3 is 0 Å². The quantitative estimate of drug-likeness (QED) is 0.530. The highest BCUT2D eigenvalue weighted by Crippen LogP contribution is 2.34. The summed E-state index contributed by atoms with van der Waals surface area (Å²) in [5.74, 6) is 2.07. The molecule has 0 bridgehead atoms. The lowest BCUT2D eigenvalue weighted by molar-refractivity contribution is 0.254. The van der Waals surface area contributed by atoms with E-state index in [4.69, 9.17) is 14.2 Å². The second kappa shape index (κ2) is 8.60. The third kappa shape index (κ3) is 4.80. The molecule has 0 amide bonds. The summed E-state index contributed by atoms with van der Waals surface area (Å²) in [6.45, 7) is 5.85. The number of hydrogen-bond acceptors (Lipinski definition) is 6. The number of thiazole rings is 1. The normalized spacial score (nSPS) is 11.5. The Kier molecular flexibility index (Phi) is 5.98. The molecule has 2 aromatic carbocycles. The fraction of sp³-hybridized carbons (Fsp3) is 0.190. The number of aromatic nitrogens is 1. The molecule has 1 unspecified atom stereocenters. The van der Waals surface area contributed by atoms with Gasteiger partial charge in [0, 0.05) is 6.20 Å². The van der Waals surface area contributed by atoms with Crippen molar-refractivity contribution >= 4 is 11.3 Å². The summed E-state index contributed by atoms with van der Waals surface area (Å²) in [4.78, 5) is 5.41. The summed E-state index contributed by atoms with van der Waals surface area (Å²) in [7, 11) is 3.24. The average molecular weight is 382 g/mol. The first-order valence-corrected chi connectivity index (χ1v) is 9.28. The smallest absolute Gasteiger partial charge is 0.279 e. The molecule has 0 spiro atoms. The Morgan fingerprint density at radius 3 is 2.33 bits per heavy atom. The summed E-state index contributed by atoms with van der Waals surface area (Å²) in [5, 5.41) is 3.79. The second-order valence-electron chi connectivity index (χ2n) is 5.88. The lowest BCUT2D eigenvalue weighted by Crippen LogP contribution is -2.18. The van der Waals surface area contributed by atoms with Gasteiger partial charge in [-0.05, 0) is 48.9 Å². The minimum Gasteiger partial charge on any atom is -0.497 e. The molecule has 0 fully saturated rings. The fourth-order valence-electron chi connectivity index (χ4n) is 2.50. The number of ether oxygens (including phenoxy) is 3. The first-order chi connectivity index (χ1) is 13.1. The van der Waals surface area contributed by atoms with Gasteiger partial charge in [0.05, 0.1) is 25.1 Å². The highest BCUT2D eigenvalue weighted by atomic mass is 32.1. The molecule has 27 heavy (non-hydrogen) atoms. The monoisotopic (exact) mass is 382 g/mol. The van der Waals surface area contributed by atoms with Gasteiger partial charge in [-0.15, -0.1) is 0 Å². The molecule has 1 N–H and O–H groups in total. The van der Waals surface area contributed by atoms with Gasteiger partial charge in [-0.3, -0.25) is 0 Å². The van der Waals surface area contributed by atoms with Crippen LogP contribution in [0.4, 0.5) is 0 Å². The number of nitrogens with zero attached hydrogens (tertiary/aromatic N) is 1. The van der Waals surface area contributed by atoms with Crippen LogP contribution in [0, 0.1) is 0 Å². The molecule has 0 radical (unpaired) electrons. The van der Waals surface area contributed by atoms with E-state index in [0.29, 0.717) is 11.1 Å². The molecule has 3 aromatic rings. The van der Waals surface area contributed by atoms with Crippen LogP contribution in [0.3, 0.4) is 0 Å². The van der Waals surface area contributed by atoms with Crippen molar-refractivity contribution in [2.24, 2.45) is 0 Å². The SMILES string of the molecule is C=C(NC(C)c1ccc(-c2cnc(Oc3ccc(OC)cc3)s2)cc1)OC. The van der Waals surface area contributed by atoms with Gasteiger partial charge < -0.3 is 19.5 Å². The van der Waals surface area contributed by atoms with Gasteiger partial charge in [0.15, 0.2) is 5.88 Å². The molecule has 0 saturated heterocycles. The Hall–Kier alpha value is -2.99. The highest BCUT2D eigenvalue weighted by molar-refractivity contribution is 7.16. The summed E-state index contributed by atoms with van der Waals surface area (Å²) in [6.07, 6.45) is 1.83. The van der Waals surface area contributed by atoms with Crippen molar-refractivity contribution in [3.8, 4) is 27.1 Å². The van der Waals surface area contributed by atoms with Gasteiger partial charge in [0.1, 0.15) is 11.5 Å². The lowest BCUT2D eigenvalue weighted by Gasteiger charge is -2.16. The van der Waals surface area contributed by atoms with Crippen LogP contribution in [0.15, 0.2) is 67.2 Å². The Morgan fingerprint density at radius 2 is 1.70 bits per heavy atom. The van der Waals surface area contributed by atoms with Crippen LogP contribution in [0.1, 0.15) is 18.5 Å². The number of methoxy groups -OCH3 is 2. The summed E-state index contributed by atoms with van der Waals surface area (Å²) >= 11 is 1.50. The maximum absolute atomic E-state index is 5.82. The van der Waals surface area contributed by atoms with Gasteiger partial charge in [-0.2, -0.15) is 0 Å². The predicted molar refractivity (Wildman–Crippen MR) is 108 cm³/mol. The van der Waals surface area contributed by atoms with Gasteiger partial charge in [0.2, 0.25) is 0 Å². The molecule has 0 saturated carbocycles. The van der Waals surface area contributed by atoms with Gasteiger partial charge in [0.25, 0.3) is 5.19 Å². The highest BCUT2D eigenvalue weighted by Gasteiger charge is 2.09. The number of hydrogen-bond donors (Lipinski definition) is 1. The zero-order valence-electron chi connectivity index (χ0n) is 15.6. The molecule has 1 aromatic heterocycles. The van der Waals surface area contributed by atoms with Gasteiger partial charge in [-0.1, -0.05) is 35.6 Å². The third-order valence-corrected chi connectivity index (χ3v) is 4.99. The number of benzene rings is 2. The van der Waals surface area contributed by atoms with E-state index in [0.717, 1.165) is 27.5 Å². The van der Waals surface area contributed by atoms with E-state index in [-0.39, 0.29) is 6.04 Å². The number of nitrogens with one attached hydrogen (secondary N) is 1. The molecule has 5 nitrogen and oxygen atoms in total. The number of rotatable bonds is 8. The largest absolute Gasteiger partial charge is 0.497 e. The van der Waals surface area contributed by atoms with E-state index in [9.17, 15) is 0 Å². The van der Waals surface area contributed by atoms with E-state index in [1.807, 2.05) is 30.5 Å². The zero-order chi connectivity index (χ0) is 19.2. The van der Waals surface area contributed by atoms with Crippen molar-refractivity contribution in [2.45, 2.75) is 13.0 Å². The van der Waals surface area contributed by atoms with Crippen molar-refractivity contribution in [2.75, 3.05) is 14.2 Å². The van der Waals surface area contributed by atoms with Crippen LogP contribution in [0.2, 0.25) is 0 Å². The Balaban J connectivity index is 1.67. The summed E-state index contributed by atoms with van der Waals surface area (Å²) in [6, 6.07) is 15.9. The second-order valence-corrected chi connectivity index (χ2v) is 6.88. The Labute approximate surface area is 163 Å². The van der Waals surface area contributed by atoms with Crippen LogP contribution in [-0.4, -0.2) is 19.2 Å². The van der Waals surface area contributed by atoms with Crippen molar-refractivity contribution < 1.29 is 14.2 Å². The van der Waals surface area contributed by atoms with Crippen molar-refractivity contribution in [3.63, 3.8) is 0 Å². The molecule has 0 aliphatic heterocycles. The van der Waals surface area contributed by atoms with Crippen LogP contribution < -0.4 is 14.8 Å². The molecule has 0 aliphatic carbocycles. The van der Waals surface area contributed by atoms with Crippen LogP contribution in [0.5, 0.6) is 16.7 Å². The third-order valence-electron chi connectivity index (χ3n) is 4.07. The minimum atomic E-state index is 0.113. The molecule has 6 heteroatoms. The molecular formula is C21H22N2O3S. The lowest BCUT2D eigenvalue weighted by atomic mass is 10.1. The first-order valence-electron chi connectivity index (χ1n) is 8.46. The van der Waals surface area contributed by atoms with Crippen molar-refractivity contribution in [1.82, 2.24) is 10.3 Å². The van der Waals surface area contributed by atoms with Crippen molar-refractivity contribution in [3.05, 3.63) is 72.8 Å². The molecule has 1 heterocycles. The molecule has 140 valence electrons. The standard InChI is InChI=1S/C21H22N2O3S/c1-14(23-15(2)24-3)16-5-7-17(8-6-16)20-13-22-21(27-20)26-19-11-9-18(25-4)10-12-19/h5-14,23H,2H2,1,3-4H3. The Morgan fingerprint density at radius 1 is 1.04 bits per heavy atom. The molecule has 0 aliphatic rings. The zero-order valence-corrected chi connectivity index (χ0v) is 16.4. The van der Waals surface area contributed by atoms with E-state index >= 15 is 0 Å². The minimum absolute atomic E-state index is 0.113. The summed E-state index contributed by atoms with van der Waals surface area (Å²) in [5.41, 5.74) is 2.25. The summed E-state index contributed by atoms with van der Waals surface area (Å²) < 4.78 is 16.0. The van der Waals surface area contributed by atoms with Crippen LogP contribution in [-0.2, 0) is 4.74 Å². The molecule has 1 atom stereocenters. The van der Waals surface area contributed by atoms with Crippen LogP contribution >= 0.6 is 11.3 Å². The fourth-order valence-corrected chi connectivity index (χ4v) is 3.29. The first kappa shape index (κ1) is 18.8.